The van der Waals surface area contributed by atoms with Crippen LogP contribution in [0.5, 0.6) is 0 Å². The van der Waals surface area contributed by atoms with Gasteiger partial charge < -0.3 is 15.0 Å². The Kier molecular flexibility index (Phi) is 4.59. The van der Waals surface area contributed by atoms with Gasteiger partial charge in [-0.25, -0.2) is 9.78 Å². The SMILES string of the molecule is C[C@H]1CC(C)(C)C[C@@]2(C1)NC(=O)N(CC(=O)NCc1cn3ccccc3n1)C2=O. The Morgan fingerprint density at radius 2 is 2.10 bits per heavy atom. The number of fused-ring (bicyclic) bond motifs is 1. The minimum atomic E-state index is -0.889. The molecule has 2 N–H and O–H groups in total. The molecule has 29 heavy (non-hydrogen) atoms. The topological polar surface area (TPSA) is 95.8 Å². The maximum atomic E-state index is 13.1. The Labute approximate surface area is 169 Å². The normalized spacial score (nSPS) is 26.2. The Morgan fingerprint density at radius 1 is 1.31 bits per heavy atom. The van der Waals surface area contributed by atoms with Crippen molar-refractivity contribution in [2.45, 2.75) is 52.1 Å². The Balaban J connectivity index is 1.40. The molecule has 4 rings (SSSR count). The molecule has 2 aromatic heterocycles. The highest BCUT2D eigenvalue weighted by atomic mass is 16.2. The number of imidazole rings is 1. The zero-order chi connectivity index (χ0) is 20.8. The molecule has 1 aliphatic heterocycles. The molecule has 8 nitrogen and oxygen atoms in total. The number of hydrogen-bond acceptors (Lipinski definition) is 4. The molecule has 1 spiro atoms. The molecular weight excluding hydrogens is 370 g/mol. The number of imide groups is 1. The molecule has 4 amide bonds. The van der Waals surface area contributed by atoms with E-state index in [1.54, 1.807) is 0 Å². The summed E-state index contributed by atoms with van der Waals surface area (Å²) in [6.07, 6.45) is 5.93. The third-order valence-corrected chi connectivity index (χ3v) is 5.81. The minimum Gasteiger partial charge on any atom is -0.349 e. The highest BCUT2D eigenvalue weighted by molar-refractivity contribution is 6.09. The Morgan fingerprint density at radius 3 is 2.83 bits per heavy atom. The van der Waals surface area contributed by atoms with Crippen molar-refractivity contribution in [3.05, 3.63) is 36.3 Å². The summed E-state index contributed by atoms with van der Waals surface area (Å²) in [5, 5.41) is 5.65. The van der Waals surface area contributed by atoms with Gasteiger partial charge in [-0.15, -0.1) is 0 Å². The summed E-state index contributed by atoms with van der Waals surface area (Å²) in [7, 11) is 0. The van der Waals surface area contributed by atoms with Crippen LogP contribution < -0.4 is 10.6 Å². The molecule has 0 radical (unpaired) electrons. The van der Waals surface area contributed by atoms with Crippen LogP contribution >= 0.6 is 0 Å². The van der Waals surface area contributed by atoms with Gasteiger partial charge in [0.25, 0.3) is 5.91 Å². The third-order valence-electron chi connectivity index (χ3n) is 5.81. The molecule has 2 aliphatic rings. The smallest absolute Gasteiger partial charge is 0.325 e. The van der Waals surface area contributed by atoms with Crippen molar-refractivity contribution >= 4 is 23.5 Å². The summed E-state index contributed by atoms with van der Waals surface area (Å²) < 4.78 is 1.87. The molecule has 0 bridgehead atoms. The van der Waals surface area contributed by atoms with Gasteiger partial charge in [-0.1, -0.05) is 26.8 Å². The zero-order valence-electron chi connectivity index (χ0n) is 17.1. The third kappa shape index (κ3) is 3.71. The monoisotopic (exact) mass is 397 g/mol. The van der Waals surface area contributed by atoms with Crippen molar-refractivity contribution in [3.8, 4) is 0 Å². The van der Waals surface area contributed by atoms with E-state index in [4.69, 9.17) is 0 Å². The lowest BCUT2D eigenvalue weighted by Crippen LogP contribution is -2.54. The number of nitrogens with one attached hydrogen (secondary N) is 2. The van der Waals surface area contributed by atoms with Crippen LogP contribution in [0.1, 0.15) is 45.7 Å². The molecular formula is C21H27N5O3. The predicted octanol–water partition coefficient (Wildman–Crippen LogP) is 2.09. The molecule has 2 aromatic rings. The molecule has 2 fully saturated rings. The van der Waals surface area contributed by atoms with Crippen LogP contribution in [0, 0.1) is 11.3 Å². The zero-order valence-corrected chi connectivity index (χ0v) is 17.1. The van der Waals surface area contributed by atoms with Gasteiger partial charge in [0.1, 0.15) is 17.7 Å². The quantitative estimate of drug-likeness (QED) is 0.772. The number of carbonyl (C=O) groups excluding carboxylic acids is 3. The van der Waals surface area contributed by atoms with Crippen molar-refractivity contribution in [1.82, 2.24) is 24.9 Å². The number of nitrogens with zero attached hydrogens (tertiary/aromatic N) is 3. The van der Waals surface area contributed by atoms with E-state index in [0.717, 1.165) is 17.0 Å². The fraction of sp³-hybridized carbons (Fsp3) is 0.524. The summed E-state index contributed by atoms with van der Waals surface area (Å²) in [5.74, 6) is -0.345. The molecule has 1 saturated heterocycles. The van der Waals surface area contributed by atoms with Crippen LogP contribution in [0.25, 0.3) is 5.65 Å². The highest BCUT2D eigenvalue weighted by Crippen LogP contribution is 2.46. The number of urea groups is 1. The molecule has 2 atom stereocenters. The van der Waals surface area contributed by atoms with Crippen LogP contribution in [0.15, 0.2) is 30.6 Å². The first-order valence-corrected chi connectivity index (χ1v) is 10.0. The van der Waals surface area contributed by atoms with Gasteiger partial charge in [0.2, 0.25) is 5.91 Å². The maximum Gasteiger partial charge on any atom is 0.325 e. The molecule has 3 heterocycles. The molecule has 154 valence electrons. The van der Waals surface area contributed by atoms with Crippen LogP contribution in [0.4, 0.5) is 4.79 Å². The van der Waals surface area contributed by atoms with E-state index in [1.807, 2.05) is 35.0 Å². The van der Waals surface area contributed by atoms with Crippen molar-refractivity contribution in [2.75, 3.05) is 6.54 Å². The van der Waals surface area contributed by atoms with E-state index in [2.05, 4.69) is 36.4 Å². The summed E-state index contributed by atoms with van der Waals surface area (Å²) >= 11 is 0. The van der Waals surface area contributed by atoms with Crippen LogP contribution in [-0.4, -0.2) is 44.2 Å². The van der Waals surface area contributed by atoms with E-state index < -0.39 is 11.6 Å². The largest absolute Gasteiger partial charge is 0.349 e. The molecule has 8 heteroatoms. The van der Waals surface area contributed by atoms with Gasteiger partial charge in [-0.3, -0.25) is 14.5 Å². The second kappa shape index (κ2) is 6.86. The number of pyridine rings is 1. The first-order chi connectivity index (χ1) is 13.7. The Bertz CT molecular complexity index is 949. The first kappa shape index (κ1) is 19.4. The van der Waals surface area contributed by atoms with E-state index in [0.29, 0.717) is 24.5 Å². The fourth-order valence-corrected chi connectivity index (χ4v) is 5.11. The lowest BCUT2D eigenvalue weighted by molar-refractivity contribution is -0.137. The minimum absolute atomic E-state index is 0.0397. The van der Waals surface area contributed by atoms with Gasteiger partial charge in [-0.05, 0) is 42.7 Å². The van der Waals surface area contributed by atoms with Gasteiger partial charge in [-0.2, -0.15) is 0 Å². The average molecular weight is 397 g/mol. The summed E-state index contributed by atoms with van der Waals surface area (Å²) in [6, 6.07) is 5.19. The second-order valence-corrected chi connectivity index (χ2v) is 9.23. The second-order valence-electron chi connectivity index (χ2n) is 9.23. The molecule has 1 saturated carbocycles. The number of aromatic nitrogens is 2. The van der Waals surface area contributed by atoms with Crippen molar-refractivity contribution < 1.29 is 14.4 Å². The van der Waals surface area contributed by atoms with E-state index in [1.165, 1.54) is 0 Å². The lowest BCUT2D eigenvalue weighted by atomic mass is 9.64. The van der Waals surface area contributed by atoms with E-state index in [-0.39, 0.29) is 30.3 Å². The van der Waals surface area contributed by atoms with Crippen molar-refractivity contribution in [1.29, 1.82) is 0 Å². The van der Waals surface area contributed by atoms with Crippen LogP contribution in [-0.2, 0) is 16.1 Å². The summed E-state index contributed by atoms with van der Waals surface area (Å²) in [5.41, 5.74) is 0.574. The van der Waals surface area contributed by atoms with Gasteiger partial charge in [0, 0.05) is 12.4 Å². The van der Waals surface area contributed by atoms with Crippen LogP contribution in [0.3, 0.4) is 0 Å². The summed E-state index contributed by atoms with van der Waals surface area (Å²) in [6.45, 7) is 6.29. The number of amides is 4. The van der Waals surface area contributed by atoms with Crippen molar-refractivity contribution in [3.63, 3.8) is 0 Å². The Hall–Kier alpha value is -2.90. The van der Waals surface area contributed by atoms with Crippen molar-refractivity contribution in [2.24, 2.45) is 11.3 Å². The number of hydrogen-bond donors (Lipinski definition) is 2. The maximum absolute atomic E-state index is 13.1. The lowest BCUT2D eigenvalue weighted by Gasteiger charge is -2.43. The average Bonchev–Trinajstić information content (AvgIpc) is 3.12. The van der Waals surface area contributed by atoms with Gasteiger partial charge in [0.15, 0.2) is 0 Å². The molecule has 1 aliphatic carbocycles. The van der Waals surface area contributed by atoms with Gasteiger partial charge in [0.05, 0.1) is 12.2 Å². The van der Waals surface area contributed by atoms with E-state index >= 15 is 0 Å². The number of carbonyl (C=O) groups is 3. The predicted molar refractivity (Wildman–Crippen MR) is 107 cm³/mol. The molecule has 0 unspecified atom stereocenters. The fourth-order valence-electron chi connectivity index (χ4n) is 5.11. The first-order valence-electron chi connectivity index (χ1n) is 10.0. The highest BCUT2D eigenvalue weighted by Gasteiger charge is 2.56. The standard InChI is InChI=1S/C21H27N5O3/c1-14-8-20(2,3)13-21(9-14)18(28)26(19(29)24-21)12-17(27)22-10-15-11-25-7-5-4-6-16(25)23-15/h4-7,11,14H,8-10,12-13H2,1-3H3,(H,22,27)(H,24,29)/t14-,21+/m0/s1. The van der Waals surface area contributed by atoms with Crippen LogP contribution in [0.2, 0.25) is 0 Å². The number of rotatable bonds is 4. The molecule has 0 aromatic carbocycles. The van der Waals surface area contributed by atoms with Gasteiger partial charge >= 0.3 is 6.03 Å². The van der Waals surface area contributed by atoms with E-state index in [9.17, 15) is 14.4 Å². The summed E-state index contributed by atoms with van der Waals surface area (Å²) in [4.78, 5) is 43.5.